The lowest BCUT2D eigenvalue weighted by molar-refractivity contribution is -0.145. The standard InChI is InChI=1S/C34H47FN4O7S/c1-20(24-12-11-22(28-21(2)36-19-47-28)16-26(24)46-15-9-7-6-8-10-27(41)42)37-30(43)25-17-23(40)18-39(25)31(44)29(33(3,4)5)38-32(45)34(35)13-14-34/h11-12,16,19-20,23,25,29,40H,6-10,13-15,17-18H2,1-5H3,(H,37,43)(H,38,45)(H,41,42)/t20?,23-,25+,29?/m1/s1. The third kappa shape index (κ3) is 9.28. The number of aryl methyl sites for hydroxylation is 1. The number of alkyl halides is 1. The van der Waals surface area contributed by atoms with Crippen LogP contribution in [-0.2, 0) is 19.2 Å². The van der Waals surface area contributed by atoms with Crippen molar-refractivity contribution in [1.29, 1.82) is 0 Å². The Morgan fingerprint density at radius 3 is 2.47 bits per heavy atom. The van der Waals surface area contributed by atoms with Crippen molar-refractivity contribution in [3.05, 3.63) is 35.0 Å². The molecule has 11 nitrogen and oxygen atoms in total. The van der Waals surface area contributed by atoms with E-state index in [1.165, 1.54) is 16.2 Å². The number of unbranched alkanes of at least 4 members (excludes halogenated alkanes) is 3. The van der Waals surface area contributed by atoms with Gasteiger partial charge in [0.15, 0.2) is 5.67 Å². The minimum Gasteiger partial charge on any atom is -0.493 e. The average Bonchev–Trinajstić information content (AvgIpc) is 3.41. The minimum absolute atomic E-state index is 0.0248. The lowest BCUT2D eigenvalue weighted by Gasteiger charge is -2.35. The molecule has 4 N–H and O–H groups in total. The Kier molecular flexibility index (Phi) is 11.7. The molecule has 1 saturated heterocycles. The maximum atomic E-state index is 14.5. The third-order valence-electron chi connectivity index (χ3n) is 8.74. The molecular formula is C34H47FN4O7S. The molecule has 2 aliphatic rings. The van der Waals surface area contributed by atoms with Gasteiger partial charge in [-0.25, -0.2) is 9.37 Å². The van der Waals surface area contributed by atoms with Crippen molar-refractivity contribution in [2.45, 2.75) is 116 Å². The molecule has 0 radical (unpaired) electrons. The van der Waals surface area contributed by atoms with Gasteiger partial charge < -0.3 is 30.5 Å². The van der Waals surface area contributed by atoms with Crippen LogP contribution in [0.25, 0.3) is 10.4 Å². The third-order valence-corrected chi connectivity index (χ3v) is 9.72. The van der Waals surface area contributed by atoms with E-state index >= 15 is 0 Å². The highest BCUT2D eigenvalue weighted by molar-refractivity contribution is 7.13. The summed E-state index contributed by atoms with van der Waals surface area (Å²) in [7, 11) is 0. The summed E-state index contributed by atoms with van der Waals surface area (Å²) >= 11 is 1.52. The highest BCUT2D eigenvalue weighted by Crippen LogP contribution is 2.40. The van der Waals surface area contributed by atoms with Crippen molar-refractivity contribution >= 4 is 35.0 Å². The monoisotopic (exact) mass is 674 g/mol. The number of hydrogen-bond acceptors (Lipinski definition) is 8. The second-order valence-electron chi connectivity index (χ2n) is 13.8. The molecule has 3 amide bonds. The van der Waals surface area contributed by atoms with Crippen LogP contribution in [-0.4, -0.2) is 80.8 Å². The number of amides is 3. The van der Waals surface area contributed by atoms with Crippen LogP contribution in [0.1, 0.15) is 96.4 Å². The number of halogens is 1. The second kappa shape index (κ2) is 15.1. The van der Waals surface area contributed by atoms with E-state index in [4.69, 9.17) is 9.84 Å². The number of ether oxygens (including phenoxy) is 1. The molecule has 1 aliphatic heterocycles. The van der Waals surface area contributed by atoms with Gasteiger partial charge in [-0.05, 0) is 56.6 Å². The summed E-state index contributed by atoms with van der Waals surface area (Å²) in [6.07, 6.45) is 2.39. The number of hydrogen-bond donors (Lipinski definition) is 4. The predicted octanol–water partition coefficient (Wildman–Crippen LogP) is 4.70. The van der Waals surface area contributed by atoms with Crippen LogP contribution < -0.4 is 15.4 Å². The lowest BCUT2D eigenvalue weighted by atomic mass is 9.85. The number of carboxylic acid groups (broad SMARTS) is 1. The summed E-state index contributed by atoms with van der Waals surface area (Å²) < 4.78 is 20.7. The van der Waals surface area contributed by atoms with Gasteiger partial charge in [0.1, 0.15) is 17.8 Å². The number of aliphatic carboxylic acids is 1. The zero-order valence-corrected chi connectivity index (χ0v) is 28.6. The number of carbonyl (C=O) groups is 4. The fraction of sp³-hybridized carbons (Fsp3) is 0.618. The normalized spacial score (nSPS) is 19.9. The Morgan fingerprint density at radius 1 is 1.15 bits per heavy atom. The molecule has 2 unspecified atom stereocenters. The SMILES string of the molecule is Cc1ncsc1-c1ccc(C(C)NC(=O)[C@@H]2C[C@@H](O)CN2C(=O)C(NC(=O)C2(F)CC2)C(C)(C)C)c(OCCCCCCC(=O)O)c1. The molecule has 4 atom stereocenters. The van der Waals surface area contributed by atoms with Gasteiger partial charge in [-0.15, -0.1) is 11.3 Å². The fourth-order valence-electron chi connectivity index (χ4n) is 5.76. The van der Waals surface area contributed by atoms with Crippen LogP contribution in [0.4, 0.5) is 4.39 Å². The molecule has 1 aromatic carbocycles. The van der Waals surface area contributed by atoms with Gasteiger partial charge in [-0.3, -0.25) is 19.2 Å². The summed E-state index contributed by atoms with van der Waals surface area (Å²) in [4.78, 5) is 57.5. The van der Waals surface area contributed by atoms with E-state index in [0.717, 1.165) is 41.0 Å². The van der Waals surface area contributed by atoms with E-state index in [1.807, 2.05) is 32.0 Å². The summed E-state index contributed by atoms with van der Waals surface area (Å²) in [5.74, 6) is -2.05. The van der Waals surface area contributed by atoms with Crippen LogP contribution >= 0.6 is 11.3 Å². The van der Waals surface area contributed by atoms with Gasteiger partial charge in [0.2, 0.25) is 11.8 Å². The van der Waals surface area contributed by atoms with Gasteiger partial charge in [-0.1, -0.05) is 45.7 Å². The number of aromatic nitrogens is 1. The number of thiazole rings is 1. The van der Waals surface area contributed by atoms with Crippen LogP contribution in [0, 0.1) is 12.3 Å². The number of aliphatic hydroxyl groups excluding tert-OH is 1. The maximum absolute atomic E-state index is 14.5. The number of nitrogens with one attached hydrogen (secondary N) is 2. The van der Waals surface area contributed by atoms with Gasteiger partial charge in [0, 0.05) is 24.9 Å². The van der Waals surface area contributed by atoms with E-state index in [2.05, 4.69) is 15.6 Å². The second-order valence-corrected chi connectivity index (χ2v) is 14.6. The smallest absolute Gasteiger partial charge is 0.303 e. The highest BCUT2D eigenvalue weighted by Gasteiger charge is 2.53. The van der Waals surface area contributed by atoms with E-state index in [-0.39, 0.29) is 32.2 Å². The summed E-state index contributed by atoms with van der Waals surface area (Å²) in [6.45, 7) is 9.34. The van der Waals surface area contributed by atoms with Crippen LogP contribution in [0.5, 0.6) is 5.75 Å². The van der Waals surface area contributed by atoms with Crippen LogP contribution in [0.2, 0.25) is 0 Å². The van der Waals surface area contributed by atoms with Crippen molar-refractivity contribution in [2.24, 2.45) is 5.41 Å². The molecule has 2 aromatic rings. The van der Waals surface area contributed by atoms with E-state index in [1.54, 1.807) is 26.3 Å². The highest BCUT2D eigenvalue weighted by atomic mass is 32.1. The molecule has 4 rings (SSSR count). The zero-order chi connectivity index (χ0) is 34.5. The molecule has 13 heteroatoms. The number of rotatable bonds is 15. The molecule has 1 saturated carbocycles. The van der Waals surface area contributed by atoms with Gasteiger partial charge in [0.05, 0.1) is 34.8 Å². The maximum Gasteiger partial charge on any atom is 0.303 e. The largest absolute Gasteiger partial charge is 0.493 e. The molecular weight excluding hydrogens is 627 g/mol. The molecule has 2 heterocycles. The Labute approximate surface area is 279 Å². The van der Waals surface area contributed by atoms with Crippen molar-refractivity contribution in [3.8, 4) is 16.2 Å². The number of β-amino-alcohol motifs (C(OH)–C–C–N with tert-alkyl or cyclic N) is 1. The van der Waals surface area contributed by atoms with Crippen LogP contribution in [0.15, 0.2) is 23.7 Å². The number of aliphatic hydroxyl groups is 1. The fourth-order valence-corrected chi connectivity index (χ4v) is 6.56. The molecule has 1 aliphatic carbocycles. The quantitative estimate of drug-likeness (QED) is 0.198. The molecule has 0 spiro atoms. The van der Waals surface area contributed by atoms with Crippen molar-refractivity contribution < 1.29 is 38.5 Å². The van der Waals surface area contributed by atoms with Crippen molar-refractivity contribution in [1.82, 2.24) is 20.5 Å². The number of benzene rings is 1. The zero-order valence-electron chi connectivity index (χ0n) is 27.8. The number of likely N-dealkylation sites (tertiary alicyclic amines) is 1. The summed E-state index contributed by atoms with van der Waals surface area (Å²) in [5, 5.41) is 25.0. The van der Waals surface area contributed by atoms with Gasteiger partial charge in [-0.2, -0.15) is 0 Å². The Morgan fingerprint density at radius 2 is 1.85 bits per heavy atom. The van der Waals surface area contributed by atoms with Gasteiger partial charge in [0.25, 0.3) is 5.91 Å². The Bertz CT molecular complexity index is 1450. The first-order valence-electron chi connectivity index (χ1n) is 16.3. The number of carboxylic acids is 1. The number of nitrogens with zero attached hydrogens (tertiary/aromatic N) is 2. The van der Waals surface area contributed by atoms with Crippen LogP contribution in [0.3, 0.4) is 0 Å². The van der Waals surface area contributed by atoms with E-state index in [9.17, 15) is 28.7 Å². The first-order chi connectivity index (χ1) is 22.1. The molecule has 1 aromatic heterocycles. The van der Waals surface area contributed by atoms with Crippen molar-refractivity contribution in [3.63, 3.8) is 0 Å². The first kappa shape index (κ1) is 36.3. The lowest BCUT2D eigenvalue weighted by Crippen LogP contribution is -2.59. The topological polar surface area (TPSA) is 158 Å². The van der Waals surface area contributed by atoms with Crippen molar-refractivity contribution in [2.75, 3.05) is 13.2 Å². The number of carbonyl (C=O) groups excluding carboxylic acids is 3. The average molecular weight is 675 g/mol. The molecule has 2 fully saturated rings. The molecule has 258 valence electrons. The Balaban J connectivity index is 1.48. The predicted molar refractivity (Wildman–Crippen MR) is 176 cm³/mol. The molecule has 47 heavy (non-hydrogen) atoms. The summed E-state index contributed by atoms with van der Waals surface area (Å²) in [5.41, 5.74) is 1.58. The summed E-state index contributed by atoms with van der Waals surface area (Å²) in [6, 6.07) is 3.15. The van der Waals surface area contributed by atoms with E-state index < -0.39 is 59.0 Å². The molecule has 0 bridgehead atoms. The Hall–Kier alpha value is -3.58. The minimum atomic E-state index is -1.96. The van der Waals surface area contributed by atoms with E-state index in [0.29, 0.717) is 18.8 Å². The first-order valence-corrected chi connectivity index (χ1v) is 17.2. The van der Waals surface area contributed by atoms with Gasteiger partial charge >= 0.3 is 5.97 Å².